The van der Waals surface area contributed by atoms with Crippen LogP contribution >= 0.6 is 23.6 Å². The number of H-pyrrole nitrogens is 1. The van der Waals surface area contributed by atoms with Crippen molar-refractivity contribution < 1.29 is 0 Å². The van der Waals surface area contributed by atoms with Gasteiger partial charge in [-0.25, -0.2) is 9.97 Å². The normalized spacial score (nSPS) is 10.1. The highest BCUT2D eigenvalue weighted by atomic mass is 32.1. The van der Waals surface area contributed by atoms with Crippen LogP contribution in [0.1, 0.15) is 11.4 Å². The third kappa shape index (κ3) is 3.08. The Labute approximate surface area is 106 Å². The van der Waals surface area contributed by atoms with Gasteiger partial charge in [-0.05, 0) is 6.07 Å². The maximum Gasteiger partial charge on any atom is 0.304 e. The standard InChI is InChI=1S/C9H9N5OS2/c10-7(16)6-1-2-11-8(14-6)12-3-5-4-17-9(15)13-5/h1-2,4H,3H2,(H2,10,16)(H,13,15)(H,11,12,14). The van der Waals surface area contributed by atoms with Crippen LogP contribution in [0.15, 0.2) is 22.4 Å². The van der Waals surface area contributed by atoms with Crippen molar-refractivity contribution in [2.24, 2.45) is 5.73 Å². The van der Waals surface area contributed by atoms with Crippen LogP contribution in [0.5, 0.6) is 0 Å². The summed E-state index contributed by atoms with van der Waals surface area (Å²) in [4.78, 5) is 21.9. The Morgan fingerprint density at radius 2 is 2.47 bits per heavy atom. The van der Waals surface area contributed by atoms with Crippen LogP contribution in [0, 0.1) is 0 Å². The van der Waals surface area contributed by atoms with Gasteiger partial charge in [0.05, 0.1) is 6.54 Å². The highest BCUT2D eigenvalue weighted by Gasteiger charge is 2.02. The lowest BCUT2D eigenvalue weighted by Gasteiger charge is -2.04. The Hall–Kier alpha value is -1.80. The minimum Gasteiger partial charge on any atom is -0.388 e. The molecule has 2 rings (SSSR count). The molecular formula is C9H9N5OS2. The predicted molar refractivity (Wildman–Crippen MR) is 70.2 cm³/mol. The summed E-state index contributed by atoms with van der Waals surface area (Å²) in [6.07, 6.45) is 1.57. The lowest BCUT2D eigenvalue weighted by Crippen LogP contribution is -2.14. The Morgan fingerprint density at radius 1 is 1.65 bits per heavy atom. The third-order valence-electron chi connectivity index (χ3n) is 1.92. The first kappa shape index (κ1) is 11.7. The summed E-state index contributed by atoms with van der Waals surface area (Å²) in [5, 5.41) is 4.71. The number of hydrogen-bond acceptors (Lipinski definition) is 6. The fraction of sp³-hybridized carbons (Fsp3) is 0.111. The second-order valence-electron chi connectivity index (χ2n) is 3.16. The first-order valence-electron chi connectivity index (χ1n) is 4.68. The second-order valence-corrected chi connectivity index (χ2v) is 4.44. The van der Waals surface area contributed by atoms with Crippen LogP contribution in [0.3, 0.4) is 0 Å². The molecule has 88 valence electrons. The molecule has 2 aromatic rings. The van der Waals surface area contributed by atoms with Crippen molar-refractivity contribution in [2.75, 3.05) is 5.32 Å². The average Bonchev–Trinajstić information content (AvgIpc) is 2.73. The van der Waals surface area contributed by atoms with Gasteiger partial charge in [0.25, 0.3) is 0 Å². The van der Waals surface area contributed by atoms with Crippen LogP contribution in [0.2, 0.25) is 0 Å². The lowest BCUT2D eigenvalue weighted by atomic mass is 10.4. The summed E-state index contributed by atoms with van der Waals surface area (Å²) in [5.74, 6) is 0.419. The van der Waals surface area contributed by atoms with Gasteiger partial charge in [-0.2, -0.15) is 0 Å². The predicted octanol–water partition coefficient (Wildman–Crippen LogP) is 0.473. The fourth-order valence-corrected chi connectivity index (χ4v) is 1.85. The molecule has 8 heteroatoms. The summed E-state index contributed by atoms with van der Waals surface area (Å²) in [7, 11) is 0. The van der Waals surface area contributed by atoms with Gasteiger partial charge >= 0.3 is 4.87 Å². The van der Waals surface area contributed by atoms with Gasteiger partial charge in [0.1, 0.15) is 10.7 Å². The number of nitrogens with zero attached hydrogens (tertiary/aromatic N) is 2. The topological polar surface area (TPSA) is 96.7 Å². The van der Waals surface area contributed by atoms with Gasteiger partial charge in [0, 0.05) is 17.3 Å². The molecule has 0 aliphatic heterocycles. The molecular weight excluding hydrogens is 258 g/mol. The summed E-state index contributed by atoms with van der Waals surface area (Å²) >= 11 is 5.93. The molecule has 0 aliphatic rings. The van der Waals surface area contributed by atoms with Crippen LogP contribution in [0.4, 0.5) is 5.95 Å². The Balaban J connectivity index is 2.06. The number of nitrogens with one attached hydrogen (secondary N) is 2. The first-order valence-corrected chi connectivity index (χ1v) is 5.97. The number of aromatic amines is 1. The second kappa shape index (κ2) is 5.02. The molecule has 0 atom stereocenters. The molecule has 2 heterocycles. The summed E-state index contributed by atoms with van der Waals surface area (Å²) < 4.78 is 0. The highest BCUT2D eigenvalue weighted by Crippen LogP contribution is 2.03. The van der Waals surface area contributed by atoms with Gasteiger partial charge in [-0.15, -0.1) is 0 Å². The molecule has 4 N–H and O–H groups in total. The van der Waals surface area contributed by atoms with E-state index in [1.807, 2.05) is 0 Å². The highest BCUT2D eigenvalue weighted by molar-refractivity contribution is 7.80. The molecule has 0 aliphatic carbocycles. The zero-order valence-electron chi connectivity index (χ0n) is 8.64. The molecule has 17 heavy (non-hydrogen) atoms. The van der Waals surface area contributed by atoms with E-state index in [1.54, 1.807) is 17.6 Å². The molecule has 0 fully saturated rings. The number of anilines is 1. The van der Waals surface area contributed by atoms with E-state index in [2.05, 4.69) is 20.3 Å². The van der Waals surface area contributed by atoms with E-state index < -0.39 is 0 Å². The molecule has 0 unspecified atom stereocenters. The molecule has 0 saturated heterocycles. The molecule has 2 aromatic heterocycles. The summed E-state index contributed by atoms with van der Waals surface area (Å²) in [5.41, 5.74) is 6.75. The van der Waals surface area contributed by atoms with Gasteiger partial charge in [0.2, 0.25) is 5.95 Å². The average molecular weight is 267 g/mol. The van der Waals surface area contributed by atoms with Gasteiger partial charge < -0.3 is 16.0 Å². The number of hydrogen-bond donors (Lipinski definition) is 3. The van der Waals surface area contributed by atoms with Crippen molar-refractivity contribution in [2.45, 2.75) is 6.54 Å². The van der Waals surface area contributed by atoms with Crippen LogP contribution in [-0.4, -0.2) is 19.9 Å². The monoisotopic (exact) mass is 267 g/mol. The molecule has 0 saturated carbocycles. The molecule has 6 nitrogen and oxygen atoms in total. The van der Waals surface area contributed by atoms with E-state index in [9.17, 15) is 4.79 Å². The maximum atomic E-state index is 10.9. The van der Waals surface area contributed by atoms with E-state index >= 15 is 0 Å². The van der Waals surface area contributed by atoms with Crippen LogP contribution in [-0.2, 0) is 6.54 Å². The van der Waals surface area contributed by atoms with Crippen molar-refractivity contribution >= 4 is 34.5 Å². The number of thiocarbonyl (C=S) groups is 1. The number of aromatic nitrogens is 3. The minimum atomic E-state index is -0.0837. The molecule has 0 amide bonds. The summed E-state index contributed by atoms with van der Waals surface area (Å²) in [6, 6.07) is 1.64. The minimum absolute atomic E-state index is 0.0837. The van der Waals surface area contributed by atoms with E-state index in [0.29, 0.717) is 18.2 Å². The molecule has 0 bridgehead atoms. The SMILES string of the molecule is NC(=S)c1ccnc(NCc2csc(=O)[nH]2)n1. The number of rotatable bonds is 4. The quantitative estimate of drug-likeness (QED) is 0.697. The van der Waals surface area contributed by atoms with E-state index in [1.165, 1.54) is 0 Å². The summed E-state index contributed by atoms with van der Waals surface area (Å²) in [6.45, 7) is 0.444. The molecule has 0 spiro atoms. The van der Waals surface area contributed by atoms with Gasteiger partial charge in [-0.1, -0.05) is 23.6 Å². The van der Waals surface area contributed by atoms with Crippen LogP contribution < -0.4 is 15.9 Å². The Morgan fingerprint density at radius 3 is 3.12 bits per heavy atom. The Bertz CT molecular complexity index is 591. The maximum absolute atomic E-state index is 10.9. The van der Waals surface area contributed by atoms with Crippen LogP contribution in [0.25, 0.3) is 0 Å². The van der Waals surface area contributed by atoms with Crippen molar-refractivity contribution in [3.63, 3.8) is 0 Å². The molecule has 0 radical (unpaired) electrons. The van der Waals surface area contributed by atoms with Crippen molar-refractivity contribution in [1.29, 1.82) is 0 Å². The van der Waals surface area contributed by atoms with E-state index in [-0.39, 0.29) is 9.86 Å². The van der Waals surface area contributed by atoms with Gasteiger partial charge in [0.15, 0.2) is 0 Å². The molecule has 0 aromatic carbocycles. The van der Waals surface area contributed by atoms with Crippen molar-refractivity contribution in [3.05, 3.63) is 38.7 Å². The third-order valence-corrected chi connectivity index (χ3v) is 2.84. The lowest BCUT2D eigenvalue weighted by molar-refractivity contribution is 1.01. The first-order chi connectivity index (χ1) is 8.15. The fourth-order valence-electron chi connectivity index (χ4n) is 1.16. The zero-order valence-corrected chi connectivity index (χ0v) is 10.3. The zero-order chi connectivity index (χ0) is 12.3. The smallest absolute Gasteiger partial charge is 0.304 e. The van der Waals surface area contributed by atoms with E-state index in [4.69, 9.17) is 18.0 Å². The van der Waals surface area contributed by atoms with E-state index in [0.717, 1.165) is 17.0 Å². The Kier molecular flexibility index (Phi) is 3.45. The van der Waals surface area contributed by atoms with Crippen molar-refractivity contribution in [1.82, 2.24) is 15.0 Å². The van der Waals surface area contributed by atoms with Crippen molar-refractivity contribution in [3.8, 4) is 0 Å². The largest absolute Gasteiger partial charge is 0.388 e. The van der Waals surface area contributed by atoms with Gasteiger partial charge in [-0.3, -0.25) is 4.79 Å². The number of nitrogens with two attached hydrogens (primary N) is 1. The number of thiazole rings is 1.